The molecule has 0 bridgehead atoms. The summed E-state index contributed by atoms with van der Waals surface area (Å²) in [5.74, 6) is -0.713. The van der Waals surface area contributed by atoms with Crippen molar-refractivity contribution in [2.75, 3.05) is 11.8 Å². The minimum atomic E-state index is -4.28. The molecule has 3 aromatic rings. The molecule has 1 N–H and O–H groups in total. The molecule has 3 rings (SSSR count). The number of anilines is 1. The predicted octanol–water partition coefficient (Wildman–Crippen LogP) is 6.33. The number of nitro benzene ring substituents is 1. The molecule has 0 heterocycles. The van der Waals surface area contributed by atoms with Gasteiger partial charge in [-0.1, -0.05) is 44.5 Å². The van der Waals surface area contributed by atoms with E-state index in [1.807, 2.05) is 13.8 Å². The number of sulfonamides is 1. The van der Waals surface area contributed by atoms with Gasteiger partial charge in [0.15, 0.2) is 0 Å². The molecule has 0 saturated heterocycles. The highest BCUT2D eigenvalue weighted by molar-refractivity contribution is 7.92. The Kier molecular flexibility index (Phi) is 8.38. The van der Waals surface area contributed by atoms with Crippen LogP contribution in [0, 0.1) is 24.0 Å². The summed E-state index contributed by atoms with van der Waals surface area (Å²) in [7, 11) is -2.98. The van der Waals surface area contributed by atoms with Crippen LogP contribution >= 0.6 is 11.6 Å². The highest BCUT2D eigenvalue weighted by Gasteiger charge is 2.23. The maximum absolute atomic E-state index is 13.1. The van der Waals surface area contributed by atoms with Gasteiger partial charge in [-0.05, 0) is 65.8 Å². The number of methoxy groups -OCH3 is 1. The summed E-state index contributed by atoms with van der Waals surface area (Å²) >= 11 is 6.21. The zero-order valence-electron chi connectivity index (χ0n) is 21.9. The average Bonchev–Trinajstić information content (AvgIpc) is 2.82. The zero-order valence-corrected chi connectivity index (χ0v) is 23.5. The van der Waals surface area contributed by atoms with Gasteiger partial charge in [-0.2, -0.15) is 0 Å². The molecule has 202 valence electrons. The van der Waals surface area contributed by atoms with Crippen LogP contribution in [-0.2, 0) is 26.8 Å². The smallest absolute Gasteiger partial charge is 0.340 e. The Morgan fingerprint density at radius 2 is 1.68 bits per heavy atom. The molecule has 0 saturated carbocycles. The number of rotatable bonds is 8. The van der Waals surface area contributed by atoms with Gasteiger partial charge in [0.05, 0.1) is 33.2 Å². The number of hydrogen-bond acceptors (Lipinski definition) is 7. The fourth-order valence-electron chi connectivity index (χ4n) is 3.79. The molecule has 0 aromatic heterocycles. The van der Waals surface area contributed by atoms with Crippen LogP contribution in [0.5, 0.6) is 5.75 Å². The first-order chi connectivity index (χ1) is 17.6. The maximum atomic E-state index is 13.1. The van der Waals surface area contributed by atoms with E-state index in [1.165, 1.54) is 31.4 Å². The molecule has 0 unspecified atom stereocenters. The number of ether oxygens (including phenoxy) is 2. The Morgan fingerprint density at radius 1 is 1.05 bits per heavy atom. The standard InChI is InChI=1S/C27H29ClN2O7S/c1-16-11-18(27(3,4)5)12-17(2)22(16)15-37-26(31)21-14-20(8-9-23(21)28)38(34,35)29-24-13-19(30(32)33)7-10-25(24)36-6/h7-14,29H,15H2,1-6H3. The molecule has 3 aromatic carbocycles. The lowest BCUT2D eigenvalue weighted by atomic mass is 9.84. The number of nitro groups is 1. The normalized spacial score (nSPS) is 11.7. The summed E-state index contributed by atoms with van der Waals surface area (Å²) in [4.78, 5) is 23.1. The number of hydrogen-bond donors (Lipinski definition) is 1. The first-order valence-electron chi connectivity index (χ1n) is 11.6. The van der Waals surface area contributed by atoms with Crippen molar-refractivity contribution in [3.63, 3.8) is 0 Å². The number of esters is 1. The summed E-state index contributed by atoms with van der Waals surface area (Å²) < 4.78 is 39.1. The number of aryl methyl sites for hydroxylation is 2. The van der Waals surface area contributed by atoms with Crippen molar-refractivity contribution in [3.05, 3.63) is 91.5 Å². The SMILES string of the molecule is COc1ccc([N+](=O)[O-])cc1NS(=O)(=O)c1ccc(Cl)c(C(=O)OCc2c(C)cc(C(C)(C)C)cc2C)c1. The van der Waals surface area contributed by atoms with Crippen LogP contribution in [0.2, 0.25) is 5.02 Å². The Bertz CT molecular complexity index is 1490. The van der Waals surface area contributed by atoms with E-state index in [2.05, 4.69) is 37.6 Å². The van der Waals surface area contributed by atoms with Gasteiger partial charge in [0.1, 0.15) is 12.4 Å². The van der Waals surface area contributed by atoms with Crippen LogP contribution in [0.15, 0.2) is 53.4 Å². The fourth-order valence-corrected chi connectivity index (χ4v) is 5.07. The Balaban J connectivity index is 1.87. The summed E-state index contributed by atoms with van der Waals surface area (Å²) in [6, 6.07) is 11.2. The second kappa shape index (κ2) is 11.0. The fraction of sp³-hybridized carbons (Fsp3) is 0.296. The molecule has 0 aliphatic heterocycles. The van der Waals surface area contributed by atoms with Crippen molar-refractivity contribution in [3.8, 4) is 5.75 Å². The lowest BCUT2D eigenvalue weighted by Crippen LogP contribution is -2.16. The Morgan fingerprint density at radius 3 is 2.24 bits per heavy atom. The van der Waals surface area contributed by atoms with Gasteiger partial charge in [-0.25, -0.2) is 13.2 Å². The van der Waals surface area contributed by atoms with Crippen molar-refractivity contribution in [1.82, 2.24) is 0 Å². The predicted molar refractivity (Wildman–Crippen MR) is 146 cm³/mol. The lowest BCUT2D eigenvalue weighted by molar-refractivity contribution is -0.384. The highest BCUT2D eigenvalue weighted by atomic mass is 35.5. The van der Waals surface area contributed by atoms with Crippen LogP contribution in [0.25, 0.3) is 0 Å². The monoisotopic (exact) mass is 560 g/mol. The number of nitrogens with zero attached hydrogens (tertiary/aromatic N) is 1. The lowest BCUT2D eigenvalue weighted by Gasteiger charge is -2.22. The molecule has 11 heteroatoms. The molecule has 0 atom stereocenters. The van der Waals surface area contributed by atoms with Crippen LogP contribution in [-0.4, -0.2) is 26.4 Å². The quantitative estimate of drug-likeness (QED) is 0.194. The van der Waals surface area contributed by atoms with Crippen molar-refractivity contribution in [2.24, 2.45) is 0 Å². The number of non-ortho nitro benzene ring substituents is 1. The van der Waals surface area contributed by atoms with E-state index in [0.29, 0.717) is 0 Å². The second-order valence-electron chi connectivity index (χ2n) is 9.80. The summed E-state index contributed by atoms with van der Waals surface area (Å²) in [6.45, 7) is 10.2. The highest BCUT2D eigenvalue weighted by Crippen LogP contribution is 2.32. The molecule has 38 heavy (non-hydrogen) atoms. The molecule has 0 fully saturated rings. The number of halogens is 1. The second-order valence-corrected chi connectivity index (χ2v) is 11.9. The molecule has 0 radical (unpaired) electrons. The van der Waals surface area contributed by atoms with Crippen LogP contribution < -0.4 is 9.46 Å². The summed E-state index contributed by atoms with van der Waals surface area (Å²) in [6.07, 6.45) is 0. The molecule has 9 nitrogen and oxygen atoms in total. The Hall–Kier alpha value is -3.63. The van der Waals surface area contributed by atoms with E-state index >= 15 is 0 Å². The number of carbonyl (C=O) groups excluding carboxylic acids is 1. The van der Waals surface area contributed by atoms with Gasteiger partial charge >= 0.3 is 5.97 Å². The molecule has 0 amide bonds. The first-order valence-corrected chi connectivity index (χ1v) is 13.4. The van der Waals surface area contributed by atoms with Crippen molar-refractivity contribution < 1.29 is 27.6 Å². The topological polar surface area (TPSA) is 125 Å². The summed E-state index contributed by atoms with van der Waals surface area (Å²) in [5.41, 5.74) is 3.33. The number of nitrogens with one attached hydrogen (secondary N) is 1. The van der Waals surface area contributed by atoms with Gasteiger partial charge in [0.25, 0.3) is 15.7 Å². The van der Waals surface area contributed by atoms with Gasteiger partial charge in [0.2, 0.25) is 0 Å². The zero-order chi connectivity index (χ0) is 28.4. The number of carbonyl (C=O) groups is 1. The van der Waals surface area contributed by atoms with Crippen LogP contribution in [0.1, 0.15) is 53.4 Å². The van der Waals surface area contributed by atoms with Gasteiger partial charge in [-0.15, -0.1) is 0 Å². The van der Waals surface area contributed by atoms with Gasteiger partial charge < -0.3 is 9.47 Å². The molecular formula is C27H29ClN2O7S. The van der Waals surface area contributed by atoms with E-state index in [1.54, 1.807) is 0 Å². The largest absolute Gasteiger partial charge is 0.495 e. The average molecular weight is 561 g/mol. The van der Waals surface area contributed by atoms with E-state index in [9.17, 15) is 23.3 Å². The number of benzene rings is 3. The molecule has 0 aliphatic carbocycles. The molecule has 0 aliphatic rings. The van der Waals surface area contributed by atoms with Crippen LogP contribution in [0.3, 0.4) is 0 Å². The van der Waals surface area contributed by atoms with Crippen molar-refractivity contribution >= 4 is 39.0 Å². The maximum Gasteiger partial charge on any atom is 0.340 e. The van der Waals surface area contributed by atoms with E-state index in [4.69, 9.17) is 21.1 Å². The molecule has 0 spiro atoms. The minimum absolute atomic E-state index is 0.0124. The van der Waals surface area contributed by atoms with E-state index in [-0.39, 0.29) is 44.6 Å². The first kappa shape index (κ1) is 28.9. The molecular weight excluding hydrogens is 532 g/mol. The van der Waals surface area contributed by atoms with E-state index < -0.39 is 20.9 Å². The minimum Gasteiger partial charge on any atom is -0.495 e. The third kappa shape index (κ3) is 6.43. The van der Waals surface area contributed by atoms with Crippen molar-refractivity contribution in [2.45, 2.75) is 51.5 Å². The van der Waals surface area contributed by atoms with Crippen molar-refractivity contribution in [1.29, 1.82) is 0 Å². The van der Waals surface area contributed by atoms with Gasteiger partial charge in [0, 0.05) is 12.1 Å². The summed E-state index contributed by atoms with van der Waals surface area (Å²) in [5, 5.41) is 11.1. The third-order valence-electron chi connectivity index (χ3n) is 6.02. The third-order valence-corrected chi connectivity index (χ3v) is 7.71. The van der Waals surface area contributed by atoms with Crippen LogP contribution in [0.4, 0.5) is 11.4 Å². The van der Waals surface area contributed by atoms with E-state index in [0.717, 1.165) is 34.4 Å². The Labute approximate surface area is 226 Å². The van der Waals surface area contributed by atoms with Gasteiger partial charge in [-0.3, -0.25) is 14.8 Å².